The highest BCUT2D eigenvalue weighted by Crippen LogP contribution is 2.23. The van der Waals surface area contributed by atoms with Crippen LogP contribution < -0.4 is 20.9 Å². The highest BCUT2D eigenvalue weighted by molar-refractivity contribution is 6.21. The number of nitrogens with one attached hydrogen (secondary N) is 3. The van der Waals surface area contributed by atoms with Crippen LogP contribution in [0, 0.1) is 0 Å². The van der Waals surface area contributed by atoms with Crippen molar-refractivity contribution in [1.29, 1.82) is 0 Å². The van der Waals surface area contributed by atoms with Gasteiger partial charge in [0.25, 0.3) is 17.7 Å². The van der Waals surface area contributed by atoms with Crippen molar-refractivity contribution < 1.29 is 23.9 Å². The molecular formula is C20H20N4O5. The lowest BCUT2D eigenvalue weighted by molar-refractivity contribution is -0.128. The summed E-state index contributed by atoms with van der Waals surface area (Å²) in [5, 5.41) is 2.90. The number of benzene rings is 2. The van der Waals surface area contributed by atoms with Crippen LogP contribution in [0.3, 0.4) is 0 Å². The third kappa shape index (κ3) is 4.52. The van der Waals surface area contributed by atoms with Gasteiger partial charge in [-0.1, -0.05) is 24.3 Å². The summed E-state index contributed by atoms with van der Waals surface area (Å²) in [6.45, 7) is -0.160. The number of carbonyl (C=O) groups excluding carboxylic acids is 4. The molecule has 0 aliphatic carbocycles. The third-order valence-electron chi connectivity index (χ3n) is 4.33. The first-order valence-corrected chi connectivity index (χ1v) is 8.91. The van der Waals surface area contributed by atoms with Crippen LogP contribution in [0.1, 0.15) is 27.1 Å². The first-order chi connectivity index (χ1) is 14.0. The van der Waals surface area contributed by atoms with E-state index in [9.17, 15) is 19.2 Å². The monoisotopic (exact) mass is 396 g/mol. The van der Waals surface area contributed by atoms with Crippen LogP contribution in [0.5, 0.6) is 5.75 Å². The molecule has 0 aromatic heterocycles. The molecule has 0 fully saturated rings. The molecule has 0 spiro atoms. The molecule has 3 N–H and O–H groups in total. The minimum atomic E-state index is -0.521. The molecule has 0 saturated carbocycles. The molecule has 1 aliphatic rings. The van der Waals surface area contributed by atoms with E-state index in [0.29, 0.717) is 22.6 Å². The topological polar surface area (TPSA) is 117 Å². The van der Waals surface area contributed by atoms with Crippen molar-refractivity contribution >= 4 is 29.3 Å². The standard InChI is InChI=1S/C20H20N4O5/c1-29-16-9-5-4-8-15(16)21-12-18(26)23-22-17(25)10-11-24-19(27)13-6-2-3-7-14(13)20(24)28/h2-9,21H,10-12H2,1H3,(H,22,25)(H,23,26). The molecule has 150 valence electrons. The maximum absolute atomic E-state index is 12.2. The average Bonchev–Trinajstić information content (AvgIpc) is 2.99. The Morgan fingerprint density at radius 3 is 2.14 bits per heavy atom. The summed E-state index contributed by atoms with van der Waals surface area (Å²) in [6.07, 6.45) is -0.133. The summed E-state index contributed by atoms with van der Waals surface area (Å²) in [6, 6.07) is 13.6. The van der Waals surface area contributed by atoms with Gasteiger partial charge in [-0.25, -0.2) is 0 Å². The Morgan fingerprint density at radius 1 is 0.897 bits per heavy atom. The number of carbonyl (C=O) groups is 4. The van der Waals surface area contributed by atoms with E-state index in [4.69, 9.17) is 4.74 Å². The Hall–Kier alpha value is -3.88. The minimum absolute atomic E-state index is 0.0759. The lowest BCUT2D eigenvalue weighted by Gasteiger charge is -2.14. The number of fused-ring (bicyclic) bond motifs is 1. The smallest absolute Gasteiger partial charge is 0.261 e. The molecule has 1 aliphatic heterocycles. The minimum Gasteiger partial charge on any atom is -0.495 e. The molecule has 9 nitrogen and oxygen atoms in total. The molecule has 4 amide bonds. The fraction of sp³-hybridized carbons (Fsp3) is 0.200. The van der Waals surface area contributed by atoms with Gasteiger partial charge in [-0.05, 0) is 24.3 Å². The Labute approximate surface area is 167 Å². The van der Waals surface area contributed by atoms with Gasteiger partial charge in [0, 0.05) is 13.0 Å². The summed E-state index contributed by atoms with van der Waals surface area (Å²) < 4.78 is 5.17. The molecular weight excluding hydrogens is 376 g/mol. The van der Waals surface area contributed by atoms with Crippen LogP contribution in [0.15, 0.2) is 48.5 Å². The van der Waals surface area contributed by atoms with Gasteiger partial charge >= 0.3 is 0 Å². The van der Waals surface area contributed by atoms with Gasteiger partial charge < -0.3 is 10.1 Å². The zero-order chi connectivity index (χ0) is 20.8. The predicted octanol–water partition coefficient (Wildman–Crippen LogP) is 0.941. The van der Waals surface area contributed by atoms with Crippen molar-refractivity contribution in [2.24, 2.45) is 0 Å². The second-order valence-corrected chi connectivity index (χ2v) is 6.21. The maximum Gasteiger partial charge on any atom is 0.261 e. The van der Waals surface area contributed by atoms with E-state index in [-0.39, 0.29) is 19.5 Å². The van der Waals surface area contributed by atoms with Crippen molar-refractivity contribution in [3.05, 3.63) is 59.7 Å². The van der Waals surface area contributed by atoms with Crippen molar-refractivity contribution in [2.45, 2.75) is 6.42 Å². The van der Waals surface area contributed by atoms with E-state index in [1.165, 1.54) is 7.11 Å². The summed E-state index contributed by atoms with van der Waals surface area (Å²) in [7, 11) is 1.52. The Kier molecular flexibility index (Phi) is 6.08. The van der Waals surface area contributed by atoms with Gasteiger partial charge in [-0.15, -0.1) is 0 Å². The van der Waals surface area contributed by atoms with E-state index in [0.717, 1.165) is 4.90 Å². The molecule has 1 heterocycles. The van der Waals surface area contributed by atoms with Crippen molar-refractivity contribution in [1.82, 2.24) is 15.8 Å². The second kappa shape index (κ2) is 8.87. The van der Waals surface area contributed by atoms with E-state index in [2.05, 4.69) is 16.2 Å². The first kappa shape index (κ1) is 19.9. The molecule has 29 heavy (non-hydrogen) atoms. The zero-order valence-electron chi connectivity index (χ0n) is 15.7. The quantitative estimate of drug-likeness (QED) is 0.474. The predicted molar refractivity (Wildman–Crippen MR) is 104 cm³/mol. The molecule has 0 bridgehead atoms. The van der Waals surface area contributed by atoms with E-state index in [1.807, 2.05) is 0 Å². The summed E-state index contributed by atoms with van der Waals surface area (Å²) in [4.78, 5) is 49.3. The highest BCUT2D eigenvalue weighted by Gasteiger charge is 2.34. The molecule has 2 aromatic carbocycles. The van der Waals surface area contributed by atoms with Crippen LogP contribution in [-0.4, -0.2) is 48.7 Å². The maximum atomic E-state index is 12.2. The van der Waals surface area contributed by atoms with Crippen LogP contribution in [0.2, 0.25) is 0 Å². The molecule has 0 atom stereocenters. The molecule has 3 rings (SSSR count). The number of amides is 4. The Balaban J connectivity index is 1.42. The largest absolute Gasteiger partial charge is 0.495 e. The average molecular weight is 396 g/mol. The normalized spacial score (nSPS) is 12.4. The van der Waals surface area contributed by atoms with E-state index in [1.54, 1.807) is 48.5 Å². The fourth-order valence-electron chi connectivity index (χ4n) is 2.87. The Bertz CT molecular complexity index is 924. The van der Waals surface area contributed by atoms with Gasteiger partial charge in [-0.3, -0.25) is 34.9 Å². The van der Waals surface area contributed by atoms with Gasteiger partial charge in [0.15, 0.2) is 0 Å². The van der Waals surface area contributed by atoms with Gasteiger partial charge in [-0.2, -0.15) is 0 Å². The number of hydrogen-bond donors (Lipinski definition) is 3. The second-order valence-electron chi connectivity index (χ2n) is 6.21. The van der Waals surface area contributed by atoms with Crippen LogP contribution in [-0.2, 0) is 9.59 Å². The molecule has 0 unspecified atom stereocenters. The van der Waals surface area contributed by atoms with Crippen molar-refractivity contribution in [3.8, 4) is 5.75 Å². The number of anilines is 1. The van der Waals surface area contributed by atoms with E-state index >= 15 is 0 Å². The van der Waals surface area contributed by atoms with Gasteiger partial charge in [0.2, 0.25) is 5.91 Å². The number of methoxy groups -OCH3 is 1. The molecule has 0 saturated heterocycles. The van der Waals surface area contributed by atoms with Crippen molar-refractivity contribution in [2.75, 3.05) is 25.5 Å². The summed E-state index contributed by atoms with van der Waals surface area (Å²) in [5.41, 5.74) is 5.83. The molecule has 2 aromatic rings. The molecule has 9 heteroatoms. The highest BCUT2D eigenvalue weighted by atomic mass is 16.5. The van der Waals surface area contributed by atoms with Crippen LogP contribution in [0.25, 0.3) is 0 Å². The van der Waals surface area contributed by atoms with E-state index < -0.39 is 23.6 Å². The molecule has 0 radical (unpaired) electrons. The number of ether oxygens (including phenoxy) is 1. The van der Waals surface area contributed by atoms with Crippen LogP contribution in [0.4, 0.5) is 5.69 Å². The van der Waals surface area contributed by atoms with Gasteiger partial charge in [0.05, 0.1) is 30.5 Å². The zero-order valence-corrected chi connectivity index (χ0v) is 15.7. The number of hydrazine groups is 1. The fourth-order valence-corrected chi connectivity index (χ4v) is 2.87. The number of hydrogen-bond acceptors (Lipinski definition) is 6. The lowest BCUT2D eigenvalue weighted by atomic mass is 10.1. The number of rotatable bonds is 7. The summed E-state index contributed by atoms with van der Waals surface area (Å²) in [5.74, 6) is -1.26. The third-order valence-corrected chi connectivity index (χ3v) is 4.33. The van der Waals surface area contributed by atoms with Crippen molar-refractivity contribution in [3.63, 3.8) is 0 Å². The number of imide groups is 1. The lowest BCUT2D eigenvalue weighted by Crippen LogP contribution is -2.45. The first-order valence-electron chi connectivity index (χ1n) is 8.91. The summed E-state index contributed by atoms with van der Waals surface area (Å²) >= 11 is 0. The number of nitrogens with zero attached hydrogens (tertiary/aromatic N) is 1. The number of para-hydroxylation sites is 2. The van der Waals surface area contributed by atoms with Gasteiger partial charge in [0.1, 0.15) is 5.75 Å². The SMILES string of the molecule is COc1ccccc1NCC(=O)NNC(=O)CCN1C(=O)c2ccccc2C1=O. The Morgan fingerprint density at radius 2 is 1.48 bits per heavy atom. The van der Waals surface area contributed by atoms with Crippen LogP contribution >= 0.6 is 0 Å².